The molecule has 2 aliphatic heterocycles. The lowest BCUT2D eigenvalue weighted by molar-refractivity contribution is 0.141. The first-order valence-electron chi connectivity index (χ1n) is 7.79. The number of aromatic amines is 1. The van der Waals surface area contributed by atoms with Crippen LogP contribution >= 0.6 is 0 Å². The van der Waals surface area contributed by atoms with Gasteiger partial charge in [0.2, 0.25) is 0 Å². The molecule has 0 saturated carbocycles. The lowest BCUT2D eigenvalue weighted by Gasteiger charge is -2.40. The Hall–Kier alpha value is -1.36. The first-order valence-corrected chi connectivity index (χ1v) is 7.79. The molecule has 0 aliphatic carbocycles. The second kappa shape index (κ2) is 5.95. The van der Waals surface area contributed by atoms with Crippen LogP contribution in [0.3, 0.4) is 0 Å². The van der Waals surface area contributed by atoms with E-state index in [-0.39, 0.29) is 5.56 Å². The molecular weight excluding hydrogens is 252 g/mol. The molecule has 1 aromatic heterocycles. The zero-order valence-corrected chi connectivity index (χ0v) is 12.3. The Balaban J connectivity index is 1.61. The van der Waals surface area contributed by atoms with E-state index in [0.29, 0.717) is 5.82 Å². The minimum atomic E-state index is -0.0503. The van der Waals surface area contributed by atoms with Crippen LogP contribution < -0.4 is 10.5 Å². The van der Waals surface area contributed by atoms with Gasteiger partial charge in [-0.25, -0.2) is 4.98 Å². The number of rotatable bonds is 2. The van der Waals surface area contributed by atoms with Crippen molar-refractivity contribution in [3.8, 4) is 0 Å². The van der Waals surface area contributed by atoms with Crippen molar-refractivity contribution in [2.75, 3.05) is 31.1 Å². The summed E-state index contributed by atoms with van der Waals surface area (Å²) in [6.45, 7) is 6.40. The Bertz CT molecular complexity index is 499. The summed E-state index contributed by atoms with van der Waals surface area (Å²) in [7, 11) is 0. The third kappa shape index (κ3) is 3.03. The Morgan fingerprint density at radius 3 is 2.50 bits per heavy atom. The maximum atomic E-state index is 11.5. The summed E-state index contributed by atoms with van der Waals surface area (Å²) in [6.07, 6.45) is 6.48. The lowest BCUT2D eigenvalue weighted by atomic mass is 10.00. The van der Waals surface area contributed by atoms with E-state index in [2.05, 4.69) is 19.8 Å². The number of hydrogen-bond donors (Lipinski definition) is 1. The maximum absolute atomic E-state index is 11.5. The van der Waals surface area contributed by atoms with E-state index < -0.39 is 0 Å². The van der Waals surface area contributed by atoms with Crippen molar-refractivity contribution in [2.24, 2.45) is 0 Å². The zero-order valence-electron chi connectivity index (χ0n) is 12.3. The van der Waals surface area contributed by atoms with E-state index >= 15 is 0 Å². The molecule has 0 aromatic carbocycles. The highest BCUT2D eigenvalue weighted by Crippen LogP contribution is 2.23. The first-order chi connectivity index (χ1) is 9.72. The monoisotopic (exact) mass is 276 g/mol. The maximum Gasteiger partial charge on any atom is 0.252 e. The van der Waals surface area contributed by atoms with Crippen molar-refractivity contribution in [1.82, 2.24) is 14.9 Å². The summed E-state index contributed by atoms with van der Waals surface area (Å²) >= 11 is 0. The Labute approximate surface area is 120 Å². The number of hydrogen-bond acceptors (Lipinski definition) is 4. The molecule has 0 atom stereocenters. The van der Waals surface area contributed by atoms with Crippen molar-refractivity contribution in [3.63, 3.8) is 0 Å². The summed E-state index contributed by atoms with van der Waals surface area (Å²) < 4.78 is 0. The normalized spacial score (nSPS) is 22.1. The third-order valence-electron chi connectivity index (χ3n) is 4.54. The van der Waals surface area contributed by atoms with Crippen molar-refractivity contribution in [1.29, 1.82) is 0 Å². The number of piperidine rings is 2. The molecule has 0 amide bonds. The van der Waals surface area contributed by atoms with Crippen LogP contribution in [0.5, 0.6) is 0 Å². The third-order valence-corrected chi connectivity index (χ3v) is 4.54. The number of likely N-dealkylation sites (tertiary alicyclic amines) is 1. The molecule has 0 unspecified atom stereocenters. The minimum Gasteiger partial charge on any atom is -0.356 e. The van der Waals surface area contributed by atoms with Crippen LogP contribution in [-0.2, 0) is 0 Å². The van der Waals surface area contributed by atoms with E-state index in [0.717, 1.165) is 24.9 Å². The lowest BCUT2D eigenvalue weighted by Crippen LogP contribution is -2.47. The molecule has 1 N–H and O–H groups in total. The number of anilines is 1. The van der Waals surface area contributed by atoms with Gasteiger partial charge in [-0.3, -0.25) is 4.79 Å². The standard InChI is InChI=1S/C15H24N4O/c1-12-16-14(11-15(20)17-12)19-9-5-13(6-10-19)18-7-3-2-4-8-18/h11,13H,2-10H2,1H3,(H,16,17,20). The van der Waals surface area contributed by atoms with Gasteiger partial charge >= 0.3 is 0 Å². The van der Waals surface area contributed by atoms with Crippen LogP contribution in [0.2, 0.25) is 0 Å². The number of H-pyrrole nitrogens is 1. The Kier molecular flexibility index (Phi) is 4.05. The van der Waals surface area contributed by atoms with Crippen LogP contribution in [0.1, 0.15) is 37.9 Å². The van der Waals surface area contributed by atoms with E-state index in [1.54, 1.807) is 6.07 Å². The fourth-order valence-corrected chi connectivity index (χ4v) is 3.47. The van der Waals surface area contributed by atoms with Gasteiger partial charge in [-0.05, 0) is 45.7 Å². The van der Waals surface area contributed by atoms with Crippen molar-refractivity contribution >= 4 is 5.82 Å². The molecular formula is C15H24N4O. The second-order valence-electron chi connectivity index (χ2n) is 6.00. The fraction of sp³-hybridized carbons (Fsp3) is 0.733. The molecule has 3 heterocycles. The van der Waals surface area contributed by atoms with E-state index in [9.17, 15) is 4.79 Å². The number of aryl methyl sites for hydroxylation is 1. The molecule has 110 valence electrons. The molecule has 20 heavy (non-hydrogen) atoms. The first kappa shape index (κ1) is 13.6. The average Bonchev–Trinajstić information content (AvgIpc) is 2.47. The van der Waals surface area contributed by atoms with E-state index in [1.807, 2.05) is 6.92 Å². The van der Waals surface area contributed by atoms with Gasteiger partial charge in [0.25, 0.3) is 5.56 Å². The van der Waals surface area contributed by atoms with Crippen LogP contribution in [0, 0.1) is 6.92 Å². The highest BCUT2D eigenvalue weighted by atomic mass is 16.1. The van der Waals surface area contributed by atoms with Gasteiger partial charge in [0.05, 0.1) is 0 Å². The van der Waals surface area contributed by atoms with Gasteiger partial charge in [-0.1, -0.05) is 6.42 Å². The number of nitrogens with zero attached hydrogens (tertiary/aromatic N) is 3. The summed E-state index contributed by atoms with van der Waals surface area (Å²) in [5.41, 5.74) is -0.0503. The summed E-state index contributed by atoms with van der Waals surface area (Å²) in [4.78, 5) is 23.6. The molecule has 0 radical (unpaired) electrons. The Morgan fingerprint density at radius 2 is 1.85 bits per heavy atom. The molecule has 3 rings (SSSR count). The Morgan fingerprint density at radius 1 is 1.15 bits per heavy atom. The van der Waals surface area contributed by atoms with Crippen LogP contribution in [0.4, 0.5) is 5.82 Å². The van der Waals surface area contributed by atoms with E-state index in [4.69, 9.17) is 0 Å². The van der Waals surface area contributed by atoms with Gasteiger partial charge in [-0.15, -0.1) is 0 Å². The van der Waals surface area contributed by atoms with Gasteiger partial charge in [0, 0.05) is 25.2 Å². The molecule has 5 nitrogen and oxygen atoms in total. The second-order valence-corrected chi connectivity index (χ2v) is 6.00. The van der Waals surface area contributed by atoms with Crippen LogP contribution in [0.15, 0.2) is 10.9 Å². The molecule has 2 aliphatic rings. The SMILES string of the molecule is Cc1nc(N2CCC(N3CCCCC3)CC2)cc(=O)[nH]1. The smallest absolute Gasteiger partial charge is 0.252 e. The molecule has 5 heteroatoms. The van der Waals surface area contributed by atoms with E-state index in [1.165, 1.54) is 45.2 Å². The van der Waals surface area contributed by atoms with Gasteiger partial charge < -0.3 is 14.8 Å². The minimum absolute atomic E-state index is 0.0503. The molecule has 0 spiro atoms. The predicted molar refractivity (Wildman–Crippen MR) is 80.3 cm³/mol. The van der Waals surface area contributed by atoms with Crippen molar-refractivity contribution < 1.29 is 0 Å². The summed E-state index contributed by atoms with van der Waals surface area (Å²) in [5.74, 6) is 1.54. The van der Waals surface area contributed by atoms with Crippen molar-refractivity contribution in [3.05, 3.63) is 22.2 Å². The predicted octanol–water partition coefficient (Wildman–Crippen LogP) is 1.53. The van der Waals surface area contributed by atoms with Gasteiger partial charge in [0.15, 0.2) is 0 Å². The summed E-state index contributed by atoms with van der Waals surface area (Å²) in [6, 6.07) is 2.35. The largest absolute Gasteiger partial charge is 0.356 e. The van der Waals surface area contributed by atoms with Crippen molar-refractivity contribution in [2.45, 2.75) is 45.1 Å². The molecule has 1 aromatic rings. The van der Waals surface area contributed by atoms with Crippen LogP contribution in [-0.4, -0.2) is 47.1 Å². The zero-order chi connectivity index (χ0) is 13.9. The molecule has 2 fully saturated rings. The molecule has 0 bridgehead atoms. The molecule has 2 saturated heterocycles. The topological polar surface area (TPSA) is 52.2 Å². The highest BCUT2D eigenvalue weighted by molar-refractivity contribution is 5.37. The number of nitrogens with one attached hydrogen (secondary N) is 1. The quantitative estimate of drug-likeness (QED) is 0.890. The van der Waals surface area contributed by atoms with Gasteiger partial charge in [0.1, 0.15) is 11.6 Å². The van der Waals surface area contributed by atoms with Gasteiger partial charge in [-0.2, -0.15) is 0 Å². The average molecular weight is 276 g/mol. The number of aromatic nitrogens is 2. The highest BCUT2D eigenvalue weighted by Gasteiger charge is 2.26. The fourth-order valence-electron chi connectivity index (χ4n) is 3.47. The van der Waals surface area contributed by atoms with Crippen LogP contribution in [0.25, 0.3) is 0 Å². The summed E-state index contributed by atoms with van der Waals surface area (Å²) in [5, 5.41) is 0.